The van der Waals surface area contributed by atoms with E-state index in [9.17, 15) is 0 Å². The van der Waals surface area contributed by atoms with E-state index < -0.39 is 0 Å². The summed E-state index contributed by atoms with van der Waals surface area (Å²) in [7, 11) is 0. The van der Waals surface area contributed by atoms with Crippen LogP contribution in [0.25, 0.3) is 0 Å². The lowest BCUT2D eigenvalue weighted by Crippen LogP contribution is -2.29. The van der Waals surface area contributed by atoms with Crippen LogP contribution in [0.2, 0.25) is 0 Å². The van der Waals surface area contributed by atoms with Crippen LogP contribution in [0.15, 0.2) is 60.7 Å². The van der Waals surface area contributed by atoms with Crippen LogP contribution in [-0.4, -0.2) is 18.3 Å². The summed E-state index contributed by atoms with van der Waals surface area (Å²) in [4.78, 5) is 0. The van der Waals surface area contributed by atoms with E-state index in [1.807, 2.05) is 0 Å². The molecule has 0 atom stereocenters. The van der Waals surface area contributed by atoms with Gasteiger partial charge in [0.25, 0.3) is 0 Å². The zero-order chi connectivity index (χ0) is 15.7. The van der Waals surface area contributed by atoms with Crippen molar-refractivity contribution in [3.8, 4) is 0 Å². The molecule has 0 amide bonds. The minimum atomic E-state index is -0.00292. The Hall–Kier alpha value is -1.64. The standard InChI is InChI=1S/C20H27NO/c21-16-9-15-20(14-7-8-17-22,18-10-3-1-4-11-18)19-12-5-2-6-13-19/h1-6,10-13,22H,7-9,14-17,21H2. The quantitative estimate of drug-likeness (QED) is 0.690. The second kappa shape index (κ2) is 8.72. The van der Waals surface area contributed by atoms with Crippen LogP contribution in [0.5, 0.6) is 0 Å². The highest BCUT2D eigenvalue weighted by molar-refractivity contribution is 5.39. The molecule has 3 N–H and O–H groups in total. The number of rotatable bonds is 9. The SMILES string of the molecule is NCCCC(CCCCO)(c1ccccc1)c1ccccc1. The van der Waals surface area contributed by atoms with Crippen LogP contribution in [-0.2, 0) is 5.41 Å². The van der Waals surface area contributed by atoms with Gasteiger partial charge in [-0.25, -0.2) is 0 Å². The Labute approximate surface area is 134 Å². The van der Waals surface area contributed by atoms with Crippen molar-refractivity contribution >= 4 is 0 Å². The molecular formula is C20H27NO. The molecule has 0 unspecified atom stereocenters. The topological polar surface area (TPSA) is 46.2 Å². The third-order valence-electron chi connectivity index (χ3n) is 4.47. The Bertz CT molecular complexity index is 484. The lowest BCUT2D eigenvalue weighted by Gasteiger charge is -2.35. The van der Waals surface area contributed by atoms with Crippen molar-refractivity contribution in [2.24, 2.45) is 5.73 Å². The maximum atomic E-state index is 9.16. The van der Waals surface area contributed by atoms with E-state index >= 15 is 0 Å². The number of nitrogens with two attached hydrogens (primary N) is 1. The first-order chi connectivity index (χ1) is 10.8. The lowest BCUT2D eigenvalue weighted by atomic mass is 9.68. The molecule has 0 heterocycles. The number of aliphatic hydroxyl groups is 1. The third kappa shape index (κ3) is 3.96. The summed E-state index contributed by atoms with van der Waals surface area (Å²) in [6.07, 6.45) is 4.96. The molecule has 2 nitrogen and oxygen atoms in total. The number of aliphatic hydroxyl groups excluding tert-OH is 1. The molecule has 0 spiro atoms. The fraction of sp³-hybridized carbons (Fsp3) is 0.400. The van der Waals surface area contributed by atoms with Crippen LogP contribution in [0.3, 0.4) is 0 Å². The normalized spacial score (nSPS) is 11.5. The van der Waals surface area contributed by atoms with Gasteiger partial charge in [0.2, 0.25) is 0 Å². The van der Waals surface area contributed by atoms with Crippen LogP contribution >= 0.6 is 0 Å². The van der Waals surface area contributed by atoms with E-state index in [0.29, 0.717) is 6.54 Å². The third-order valence-corrected chi connectivity index (χ3v) is 4.47. The fourth-order valence-corrected chi connectivity index (χ4v) is 3.33. The first kappa shape index (κ1) is 16.7. The van der Waals surface area contributed by atoms with Gasteiger partial charge in [-0.2, -0.15) is 0 Å². The number of hydrogen-bond acceptors (Lipinski definition) is 2. The average Bonchev–Trinajstić information content (AvgIpc) is 2.60. The second-order valence-corrected chi connectivity index (χ2v) is 5.89. The van der Waals surface area contributed by atoms with Gasteiger partial charge in [0.15, 0.2) is 0 Å². The van der Waals surface area contributed by atoms with Gasteiger partial charge >= 0.3 is 0 Å². The summed E-state index contributed by atoms with van der Waals surface area (Å²) in [6.45, 7) is 0.970. The molecule has 2 aromatic rings. The molecule has 0 aliphatic rings. The van der Waals surface area contributed by atoms with Gasteiger partial charge in [-0.15, -0.1) is 0 Å². The fourth-order valence-electron chi connectivity index (χ4n) is 3.33. The molecule has 118 valence electrons. The predicted octanol–water partition coefficient (Wildman–Crippen LogP) is 3.87. The molecule has 22 heavy (non-hydrogen) atoms. The zero-order valence-electron chi connectivity index (χ0n) is 13.2. The Morgan fingerprint density at radius 1 is 0.727 bits per heavy atom. The first-order valence-corrected chi connectivity index (χ1v) is 8.25. The highest BCUT2D eigenvalue weighted by atomic mass is 16.2. The van der Waals surface area contributed by atoms with E-state index in [1.54, 1.807) is 0 Å². The van der Waals surface area contributed by atoms with Crippen molar-refractivity contribution in [1.82, 2.24) is 0 Å². The molecular weight excluding hydrogens is 270 g/mol. The molecule has 0 saturated carbocycles. The minimum absolute atomic E-state index is 0.00292. The van der Waals surface area contributed by atoms with Crippen molar-refractivity contribution in [2.75, 3.05) is 13.2 Å². The number of unbranched alkanes of at least 4 members (excludes halogenated alkanes) is 1. The summed E-state index contributed by atoms with van der Waals surface area (Å²) in [6, 6.07) is 21.5. The Morgan fingerprint density at radius 3 is 1.68 bits per heavy atom. The van der Waals surface area contributed by atoms with E-state index in [-0.39, 0.29) is 12.0 Å². The highest BCUT2D eigenvalue weighted by Crippen LogP contribution is 2.41. The van der Waals surface area contributed by atoms with Crippen LogP contribution < -0.4 is 5.73 Å². The lowest BCUT2D eigenvalue weighted by molar-refractivity contribution is 0.274. The van der Waals surface area contributed by atoms with Gasteiger partial charge < -0.3 is 10.8 Å². The molecule has 0 radical (unpaired) electrons. The molecule has 0 aromatic heterocycles. The summed E-state index contributed by atoms with van der Waals surface area (Å²) in [5, 5.41) is 9.16. The highest BCUT2D eigenvalue weighted by Gasteiger charge is 2.32. The molecule has 2 heteroatoms. The molecule has 2 rings (SSSR count). The van der Waals surface area contributed by atoms with E-state index in [1.165, 1.54) is 11.1 Å². The Kier molecular flexibility index (Phi) is 6.63. The maximum absolute atomic E-state index is 9.16. The van der Waals surface area contributed by atoms with E-state index in [0.717, 1.165) is 32.1 Å². The van der Waals surface area contributed by atoms with Crippen molar-refractivity contribution in [1.29, 1.82) is 0 Å². The number of benzene rings is 2. The van der Waals surface area contributed by atoms with E-state index in [4.69, 9.17) is 10.8 Å². The average molecular weight is 297 g/mol. The van der Waals surface area contributed by atoms with Crippen molar-refractivity contribution in [3.63, 3.8) is 0 Å². The smallest absolute Gasteiger partial charge is 0.0431 e. The molecule has 0 aliphatic carbocycles. The molecule has 0 saturated heterocycles. The van der Waals surface area contributed by atoms with Gasteiger partial charge in [-0.05, 0) is 49.8 Å². The van der Waals surface area contributed by atoms with Crippen LogP contribution in [0, 0.1) is 0 Å². The molecule has 2 aromatic carbocycles. The van der Waals surface area contributed by atoms with Crippen molar-refractivity contribution < 1.29 is 5.11 Å². The summed E-state index contributed by atoms with van der Waals surface area (Å²) < 4.78 is 0. The van der Waals surface area contributed by atoms with E-state index in [2.05, 4.69) is 60.7 Å². The Balaban J connectivity index is 2.43. The zero-order valence-corrected chi connectivity index (χ0v) is 13.2. The Morgan fingerprint density at radius 2 is 1.23 bits per heavy atom. The minimum Gasteiger partial charge on any atom is -0.396 e. The second-order valence-electron chi connectivity index (χ2n) is 5.89. The molecule has 0 aliphatic heterocycles. The maximum Gasteiger partial charge on any atom is 0.0431 e. The first-order valence-electron chi connectivity index (χ1n) is 8.25. The van der Waals surface area contributed by atoms with Crippen molar-refractivity contribution in [2.45, 2.75) is 37.5 Å². The van der Waals surface area contributed by atoms with Crippen LogP contribution in [0.4, 0.5) is 0 Å². The van der Waals surface area contributed by atoms with Gasteiger partial charge in [-0.1, -0.05) is 60.7 Å². The predicted molar refractivity (Wildman–Crippen MR) is 92.9 cm³/mol. The largest absolute Gasteiger partial charge is 0.396 e. The number of hydrogen-bond donors (Lipinski definition) is 2. The summed E-state index contributed by atoms with van der Waals surface area (Å²) >= 11 is 0. The van der Waals surface area contributed by atoms with Crippen molar-refractivity contribution in [3.05, 3.63) is 71.8 Å². The van der Waals surface area contributed by atoms with Crippen LogP contribution in [0.1, 0.15) is 43.2 Å². The van der Waals surface area contributed by atoms with Gasteiger partial charge in [0.05, 0.1) is 0 Å². The van der Waals surface area contributed by atoms with Gasteiger partial charge in [-0.3, -0.25) is 0 Å². The summed E-state index contributed by atoms with van der Waals surface area (Å²) in [5.74, 6) is 0. The monoisotopic (exact) mass is 297 g/mol. The van der Waals surface area contributed by atoms with Gasteiger partial charge in [0.1, 0.15) is 0 Å². The summed E-state index contributed by atoms with van der Waals surface area (Å²) in [5.41, 5.74) is 8.51. The molecule has 0 bridgehead atoms. The van der Waals surface area contributed by atoms with Gasteiger partial charge in [0, 0.05) is 12.0 Å². The molecule has 0 fully saturated rings.